The van der Waals surface area contributed by atoms with Gasteiger partial charge in [-0.2, -0.15) is 17.8 Å². The van der Waals surface area contributed by atoms with Gasteiger partial charge in [0.15, 0.2) is 0 Å². The molecule has 2 aromatic rings. The Morgan fingerprint density at radius 2 is 1.96 bits per heavy atom. The molecule has 0 radical (unpaired) electrons. The van der Waals surface area contributed by atoms with Crippen molar-refractivity contribution >= 4 is 16.1 Å². The number of hydrogen-bond donors (Lipinski definition) is 3. The van der Waals surface area contributed by atoms with E-state index in [4.69, 9.17) is 10.9 Å². The predicted molar refractivity (Wildman–Crippen MR) is 83.2 cm³/mol. The molecule has 0 saturated carbocycles. The molecule has 1 unspecified atom stereocenters. The number of aryl methyl sites for hydroxylation is 1. The second-order valence-corrected chi connectivity index (χ2v) is 7.17. The van der Waals surface area contributed by atoms with Crippen molar-refractivity contribution in [1.82, 2.24) is 14.5 Å². The molecule has 2 heterocycles. The average molecular weight is 335 g/mol. The molecular formula is C14H17N5O3S. The number of amides is 1. The van der Waals surface area contributed by atoms with Crippen molar-refractivity contribution in [3.8, 4) is 0 Å². The third kappa shape index (κ3) is 2.85. The van der Waals surface area contributed by atoms with E-state index in [1.165, 1.54) is 0 Å². The number of nitrogens with zero attached hydrogens (tertiary/aromatic N) is 2. The second kappa shape index (κ2) is 5.44. The van der Waals surface area contributed by atoms with E-state index < -0.39 is 22.0 Å². The summed E-state index contributed by atoms with van der Waals surface area (Å²) in [6.45, 7) is 2.13. The smallest absolute Gasteiger partial charge is 0.277 e. The zero-order valence-electron chi connectivity index (χ0n) is 12.5. The standard InChI is InChI=1S/C14H17N5O3S/c1-8-2-4-9(5-3-8)12(14(15)20)13-10-6-19(23(16,21)22)7-11(10)17-18-13/h2-5,12H,6-7H2,1H3,(H2,15,20)(H,17,18)(H2,16,21,22). The van der Waals surface area contributed by atoms with E-state index in [1.807, 2.05) is 31.2 Å². The van der Waals surface area contributed by atoms with E-state index in [0.717, 1.165) is 9.87 Å². The Balaban J connectivity index is 2.02. The number of H-pyrrole nitrogens is 1. The molecule has 3 rings (SSSR count). The molecular weight excluding hydrogens is 318 g/mol. The third-order valence-corrected chi connectivity index (χ3v) is 4.96. The van der Waals surface area contributed by atoms with Crippen LogP contribution in [0.5, 0.6) is 0 Å². The van der Waals surface area contributed by atoms with Gasteiger partial charge in [0, 0.05) is 12.1 Å². The lowest BCUT2D eigenvalue weighted by Crippen LogP contribution is -2.32. The summed E-state index contributed by atoms with van der Waals surface area (Å²) in [7, 11) is -3.80. The highest BCUT2D eigenvalue weighted by Crippen LogP contribution is 2.32. The molecule has 1 amide bonds. The van der Waals surface area contributed by atoms with Gasteiger partial charge in [0.2, 0.25) is 5.91 Å². The Hall–Kier alpha value is -2.23. The molecule has 0 spiro atoms. The lowest BCUT2D eigenvalue weighted by molar-refractivity contribution is -0.118. The molecule has 9 heteroatoms. The molecule has 8 nitrogen and oxygen atoms in total. The van der Waals surface area contributed by atoms with E-state index in [-0.39, 0.29) is 13.1 Å². The fourth-order valence-electron chi connectivity index (χ4n) is 2.77. The molecule has 0 fully saturated rings. The minimum atomic E-state index is -3.80. The Labute approximate surface area is 133 Å². The Bertz CT molecular complexity index is 857. The van der Waals surface area contributed by atoms with Crippen LogP contribution in [0.4, 0.5) is 0 Å². The van der Waals surface area contributed by atoms with E-state index >= 15 is 0 Å². The number of benzene rings is 1. The molecule has 0 saturated heterocycles. The number of nitrogens with two attached hydrogens (primary N) is 2. The maximum atomic E-state index is 12.0. The van der Waals surface area contributed by atoms with Crippen LogP contribution in [0.1, 0.15) is 34.0 Å². The summed E-state index contributed by atoms with van der Waals surface area (Å²) in [4.78, 5) is 12.0. The number of aromatic nitrogens is 2. The Morgan fingerprint density at radius 3 is 2.52 bits per heavy atom. The Kier molecular flexibility index (Phi) is 3.71. The Morgan fingerprint density at radius 1 is 1.30 bits per heavy atom. The first-order valence-corrected chi connectivity index (χ1v) is 8.47. The summed E-state index contributed by atoms with van der Waals surface area (Å²) in [5.41, 5.74) is 9.07. The first-order chi connectivity index (χ1) is 10.8. The molecule has 23 heavy (non-hydrogen) atoms. The van der Waals surface area contributed by atoms with Crippen LogP contribution >= 0.6 is 0 Å². The molecule has 0 aliphatic carbocycles. The quantitative estimate of drug-likeness (QED) is 0.716. The number of aromatic amines is 1. The van der Waals surface area contributed by atoms with Crippen LogP contribution in [0.2, 0.25) is 0 Å². The second-order valence-electron chi connectivity index (χ2n) is 5.63. The van der Waals surface area contributed by atoms with Gasteiger partial charge in [-0.3, -0.25) is 9.89 Å². The summed E-state index contributed by atoms with van der Waals surface area (Å²) < 4.78 is 24.1. The van der Waals surface area contributed by atoms with Crippen LogP contribution in [0.3, 0.4) is 0 Å². The highest BCUT2D eigenvalue weighted by molar-refractivity contribution is 7.86. The summed E-state index contributed by atoms with van der Waals surface area (Å²) in [6.07, 6.45) is 0. The van der Waals surface area contributed by atoms with Crippen molar-refractivity contribution in [2.45, 2.75) is 25.9 Å². The van der Waals surface area contributed by atoms with Crippen molar-refractivity contribution in [2.75, 3.05) is 0 Å². The summed E-state index contributed by atoms with van der Waals surface area (Å²) in [5, 5.41) is 12.1. The zero-order chi connectivity index (χ0) is 16.8. The maximum Gasteiger partial charge on any atom is 0.277 e. The molecule has 0 bridgehead atoms. The molecule has 122 valence electrons. The molecule has 1 aromatic carbocycles. The van der Waals surface area contributed by atoms with E-state index in [9.17, 15) is 13.2 Å². The number of fused-ring (bicyclic) bond motifs is 1. The number of nitrogens with one attached hydrogen (secondary N) is 1. The molecule has 1 atom stereocenters. The molecule has 1 aliphatic rings. The molecule has 5 N–H and O–H groups in total. The summed E-state index contributed by atoms with van der Waals surface area (Å²) in [5.74, 6) is -1.28. The van der Waals surface area contributed by atoms with Crippen molar-refractivity contribution in [3.05, 3.63) is 52.3 Å². The van der Waals surface area contributed by atoms with Crippen molar-refractivity contribution < 1.29 is 13.2 Å². The number of carbonyl (C=O) groups excluding carboxylic acids is 1. The van der Waals surface area contributed by atoms with Crippen molar-refractivity contribution in [3.63, 3.8) is 0 Å². The minimum Gasteiger partial charge on any atom is -0.369 e. The van der Waals surface area contributed by atoms with Gasteiger partial charge in [-0.15, -0.1) is 0 Å². The highest BCUT2D eigenvalue weighted by Gasteiger charge is 2.35. The lowest BCUT2D eigenvalue weighted by Gasteiger charge is -2.15. The molecule has 1 aromatic heterocycles. The van der Waals surface area contributed by atoms with Crippen molar-refractivity contribution in [1.29, 1.82) is 0 Å². The van der Waals surface area contributed by atoms with Gasteiger partial charge in [0.25, 0.3) is 10.2 Å². The minimum absolute atomic E-state index is 0.0790. The number of primary amides is 1. The van der Waals surface area contributed by atoms with Gasteiger partial charge in [-0.25, -0.2) is 5.14 Å². The van der Waals surface area contributed by atoms with E-state index in [1.54, 1.807) is 0 Å². The maximum absolute atomic E-state index is 12.0. The van der Waals surface area contributed by atoms with Crippen LogP contribution in [-0.2, 0) is 28.1 Å². The SMILES string of the molecule is Cc1ccc(C(C(N)=O)c2n[nH]c3c2CN(S(N)(=O)=O)C3)cc1. The summed E-state index contributed by atoms with van der Waals surface area (Å²) in [6, 6.07) is 7.40. The first-order valence-electron chi connectivity index (χ1n) is 6.97. The number of hydrogen-bond acceptors (Lipinski definition) is 4. The van der Waals surface area contributed by atoms with Crippen LogP contribution in [0.25, 0.3) is 0 Å². The van der Waals surface area contributed by atoms with Crippen LogP contribution in [0.15, 0.2) is 24.3 Å². The lowest BCUT2D eigenvalue weighted by atomic mass is 9.92. The van der Waals surface area contributed by atoms with Crippen LogP contribution in [-0.4, -0.2) is 28.8 Å². The average Bonchev–Trinajstić information content (AvgIpc) is 3.02. The number of carbonyl (C=O) groups is 1. The van der Waals surface area contributed by atoms with Crippen LogP contribution in [0, 0.1) is 6.92 Å². The van der Waals surface area contributed by atoms with Gasteiger partial charge in [0.1, 0.15) is 5.92 Å². The highest BCUT2D eigenvalue weighted by atomic mass is 32.2. The van der Waals surface area contributed by atoms with E-state index in [2.05, 4.69) is 10.2 Å². The predicted octanol–water partition coefficient (Wildman–Crippen LogP) is -0.146. The van der Waals surface area contributed by atoms with Gasteiger partial charge >= 0.3 is 0 Å². The molecule has 1 aliphatic heterocycles. The topological polar surface area (TPSA) is 135 Å². The van der Waals surface area contributed by atoms with Gasteiger partial charge in [-0.1, -0.05) is 29.8 Å². The number of rotatable bonds is 4. The largest absolute Gasteiger partial charge is 0.369 e. The summed E-state index contributed by atoms with van der Waals surface area (Å²) >= 11 is 0. The normalized spacial score (nSPS) is 16.3. The van der Waals surface area contributed by atoms with Crippen LogP contribution < -0.4 is 10.9 Å². The fourth-order valence-corrected chi connectivity index (χ4v) is 3.39. The van der Waals surface area contributed by atoms with Crippen molar-refractivity contribution in [2.24, 2.45) is 10.9 Å². The van der Waals surface area contributed by atoms with Gasteiger partial charge < -0.3 is 5.73 Å². The van der Waals surface area contributed by atoms with Gasteiger partial charge in [-0.05, 0) is 12.5 Å². The monoisotopic (exact) mass is 335 g/mol. The van der Waals surface area contributed by atoms with Gasteiger partial charge in [0.05, 0.1) is 17.9 Å². The fraction of sp³-hybridized carbons (Fsp3) is 0.286. The first kappa shape index (κ1) is 15.7. The third-order valence-electron chi connectivity index (χ3n) is 3.98. The zero-order valence-corrected chi connectivity index (χ0v) is 13.3. The van der Waals surface area contributed by atoms with E-state index in [0.29, 0.717) is 22.5 Å².